The topological polar surface area (TPSA) is 12.4 Å². The minimum atomic E-state index is 0.947. The number of allylic oxidation sites excluding steroid dienone is 1. The minimum absolute atomic E-state index is 0.947. The molecule has 92 valence electrons. The van der Waals surface area contributed by atoms with E-state index < -0.39 is 0 Å². The molecule has 0 unspecified atom stereocenters. The maximum atomic E-state index is 4.73. The molecule has 0 saturated heterocycles. The monoisotopic (exact) mass is 263 g/mol. The van der Waals surface area contributed by atoms with Crippen LogP contribution in [0.5, 0.6) is 0 Å². The molecule has 1 aliphatic heterocycles. The summed E-state index contributed by atoms with van der Waals surface area (Å²) >= 11 is 1.86. The first-order chi connectivity index (χ1) is 9.31. The van der Waals surface area contributed by atoms with Crippen molar-refractivity contribution in [1.82, 2.24) is 0 Å². The van der Waals surface area contributed by atoms with Crippen LogP contribution in [0.15, 0.2) is 47.5 Å². The van der Waals surface area contributed by atoms with Crippen molar-refractivity contribution in [2.24, 2.45) is 4.99 Å². The van der Waals surface area contributed by atoms with E-state index >= 15 is 0 Å². The number of hydrogen-bond acceptors (Lipinski definition) is 2. The van der Waals surface area contributed by atoms with E-state index in [9.17, 15) is 0 Å². The molecule has 0 spiro atoms. The van der Waals surface area contributed by atoms with Crippen LogP contribution in [-0.4, -0.2) is 5.71 Å². The third-order valence-electron chi connectivity index (χ3n) is 3.55. The van der Waals surface area contributed by atoms with Crippen molar-refractivity contribution in [2.75, 3.05) is 0 Å². The van der Waals surface area contributed by atoms with E-state index in [-0.39, 0.29) is 0 Å². The van der Waals surface area contributed by atoms with Gasteiger partial charge in [0, 0.05) is 37.9 Å². The Morgan fingerprint density at radius 2 is 1.95 bits per heavy atom. The molecule has 2 heterocycles. The quantitative estimate of drug-likeness (QED) is 0.503. The van der Waals surface area contributed by atoms with Gasteiger partial charge in [0.25, 0.3) is 0 Å². The van der Waals surface area contributed by atoms with Crippen LogP contribution in [0.4, 0.5) is 5.69 Å². The molecule has 1 aromatic heterocycles. The van der Waals surface area contributed by atoms with E-state index in [1.54, 1.807) is 0 Å². The number of aliphatic imine (C=N–C) groups is 1. The van der Waals surface area contributed by atoms with E-state index in [4.69, 9.17) is 4.99 Å². The molecule has 0 N–H and O–H groups in total. The zero-order chi connectivity index (χ0) is 12.8. The number of thiophene rings is 1. The van der Waals surface area contributed by atoms with Gasteiger partial charge >= 0.3 is 0 Å². The molecule has 0 saturated carbocycles. The first-order valence-electron chi connectivity index (χ1n) is 6.47. The molecule has 4 rings (SSSR count). The van der Waals surface area contributed by atoms with Gasteiger partial charge in [0.05, 0.1) is 5.69 Å². The van der Waals surface area contributed by atoms with E-state index in [0.29, 0.717) is 0 Å². The van der Waals surface area contributed by atoms with Crippen LogP contribution in [0.25, 0.3) is 26.2 Å². The molecule has 0 aliphatic carbocycles. The largest absolute Gasteiger partial charge is 0.257 e. The molecule has 1 nitrogen and oxygen atoms in total. The average Bonchev–Trinajstić information content (AvgIpc) is 2.65. The van der Waals surface area contributed by atoms with Gasteiger partial charge in [-0.15, -0.1) is 11.3 Å². The Morgan fingerprint density at radius 3 is 2.89 bits per heavy atom. The fraction of sp³-hybridized carbons (Fsp3) is 0.118. The van der Waals surface area contributed by atoms with Gasteiger partial charge in [0.15, 0.2) is 0 Å². The summed E-state index contributed by atoms with van der Waals surface area (Å²) in [6, 6.07) is 13.1. The predicted molar refractivity (Wildman–Crippen MR) is 85.8 cm³/mol. The summed E-state index contributed by atoms with van der Waals surface area (Å²) in [5, 5.41) is 2.66. The molecule has 3 aromatic rings. The second-order valence-electron chi connectivity index (χ2n) is 4.96. The standard InChI is InChI=1S/C17H13NS/c1-11-5-4-6-12-9-17-14(10-15(12)18-11)13-7-2-3-8-16(13)19-17/h2-4,6-10H,5H2,1H3. The Labute approximate surface area is 115 Å². The van der Waals surface area contributed by atoms with Gasteiger partial charge in [-0.1, -0.05) is 30.4 Å². The van der Waals surface area contributed by atoms with Crippen LogP contribution in [0, 0.1) is 0 Å². The Balaban J connectivity index is 2.12. The van der Waals surface area contributed by atoms with E-state index in [0.717, 1.165) is 12.1 Å². The first kappa shape index (κ1) is 10.9. The molecule has 0 amide bonds. The van der Waals surface area contributed by atoms with Crippen molar-refractivity contribution in [3.05, 3.63) is 48.0 Å². The summed E-state index contributed by atoms with van der Waals surface area (Å²) in [4.78, 5) is 4.73. The normalized spacial score (nSPS) is 14.5. The fourth-order valence-corrected chi connectivity index (χ4v) is 3.75. The summed E-state index contributed by atoms with van der Waals surface area (Å²) in [5.74, 6) is 0. The summed E-state index contributed by atoms with van der Waals surface area (Å²) in [6.07, 6.45) is 5.34. The fourth-order valence-electron chi connectivity index (χ4n) is 2.61. The highest BCUT2D eigenvalue weighted by molar-refractivity contribution is 7.25. The number of nitrogens with zero attached hydrogens (tertiary/aromatic N) is 1. The van der Waals surface area contributed by atoms with Gasteiger partial charge in [-0.25, -0.2) is 0 Å². The summed E-state index contributed by atoms with van der Waals surface area (Å²) in [5.41, 5.74) is 3.51. The van der Waals surface area contributed by atoms with Gasteiger partial charge < -0.3 is 0 Å². The van der Waals surface area contributed by atoms with E-state index in [1.165, 1.54) is 31.4 Å². The summed E-state index contributed by atoms with van der Waals surface area (Å²) in [6.45, 7) is 2.09. The van der Waals surface area contributed by atoms with Crippen LogP contribution in [-0.2, 0) is 0 Å². The van der Waals surface area contributed by atoms with E-state index in [1.807, 2.05) is 11.3 Å². The van der Waals surface area contributed by atoms with Gasteiger partial charge in [-0.05, 0) is 25.1 Å². The van der Waals surface area contributed by atoms with E-state index in [2.05, 4.69) is 55.5 Å². The predicted octanol–water partition coefficient (Wildman–Crippen LogP) is 5.56. The summed E-state index contributed by atoms with van der Waals surface area (Å²) < 4.78 is 2.70. The number of benzene rings is 2. The molecule has 0 bridgehead atoms. The molecule has 0 radical (unpaired) electrons. The van der Waals surface area contributed by atoms with Crippen molar-refractivity contribution in [3.63, 3.8) is 0 Å². The Kier molecular flexibility index (Phi) is 2.32. The second-order valence-corrected chi connectivity index (χ2v) is 6.04. The zero-order valence-electron chi connectivity index (χ0n) is 10.7. The number of fused-ring (bicyclic) bond motifs is 4. The molecule has 2 heteroatoms. The Bertz CT molecular complexity index is 852. The molecule has 0 fully saturated rings. The number of rotatable bonds is 0. The lowest BCUT2D eigenvalue weighted by molar-refractivity contribution is 1.41. The van der Waals surface area contributed by atoms with Crippen LogP contribution in [0.3, 0.4) is 0 Å². The first-order valence-corrected chi connectivity index (χ1v) is 7.29. The molecular weight excluding hydrogens is 250 g/mol. The van der Waals surface area contributed by atoms with Crippen molar-refractivity contribution < 1.29 is 0 Å². The van der Waals surface area contributed by atoms with Crippen LogP contribution >= 0.6 is 11.3 Å². The van der Waals surface area contributed by atoms with Gasteiger partial charge in [-0.3, -0.25) is 4.99 Å². The van der Waals surface area contributed by atoms with Gasteiger partial charge in [-0.2, -0.15) is 0 Å². The third-order valence-corrected chi connectivity index (χ3v) is 4.68. The lowest BCUT2D eigenvalue weighted by atomic mass is 10.1. The smallest absolute Gasteiger partial charge is 0.0708 e. The Hall–Kier alpha value is -1.93. The SMILES string of the molecule is CC1=Nc2cc3c(cc2C=CC1)sc1ccccc13. The van der Waals surface area contributed by atoms with Crippen molar-refractivity contribution in [3.8, 4) is 0 Å². The third kappa shape index (κ3) is 1.71. The molecular formula is C17H13NS. The maximum Gasteiger partial charge on any atom is 0.0708 e. The van der Waals surface area contributed by atoms with Crippen molar-refractivity contribution in [1.29, 1.82) is 0 Å². The molecule has 19 heavy (non-hydrogen) atoms. The second kappa shape index (κ2) is 4.04. The lowest BCUT2D eigenvalue weighted by Gasteiger charge is -2.01. The molecule has 2 aromatic carbocycles. The van der Waals surface area contributed by atoms with Crippen LogP contribution in [0.2, 0.25) is 0 Å². The van der Waals surface area contributed by atoms with Crippen molar-refractivity contribution >= 4 is 49.0 Å². The molecule has 0 atom stereocenters. The van der Waals surface area contributed by atoms with Crippen LogP contribution < -0.4 is 0 Å². The highest BCUT2D eigenvalue weighted by atomic mass is 32.1. The minimum Gasteiger partial charge on any atom is -0.257 e. The Morgan fingerprint density at radius 1 is 1.05 bits per heavy atom. The molecule has 1 aliphatic rings. The van der Waals surface area contributed by atoms with Gasteiger partial charge in [0.1, 0.15) is 0 Å². The van der Waals surface area contributed by atoms with Gasteiger partial charge in [0.2, 0.25) is 0 Å². The highest BCUT2D eigenvalue weighted by Crippen LogP contribution is 2.38. The van der Waals surface area contributed by atoms with Crippen molar-refractivity contribution in [2.45, 2.75) is 13.3 Å². The zero-order valence-corrected chi connectivity index (χ0v) is 11.5. The summed E-state index contributed by atoms with van der Waals surface area (Å²) in [7, 11) is 0. The average molecular weight is 263 g/mol. The highest BCUT2D eigenvalue weighted by Gasteiger charge is 2.10. The van der Waals surface area contributed by atoms with Crippen LogP contribution in [0.1, 0.15) is 18.9 Å². The lowest BCUT2D eigenvalue weighted by Crippen LogP contribution is -1.84. The maximum absolute atomic E-state index is 4.73. The number of hydrogen-bond donors (Lipinski definition) is 0.